The molecule has 1 nitrogen and oxygen atoms in total. The van der Waals surface area contributed by atoms with Crippen molar-refractivity contribution in [3.8, 4) is 44.5 Å². The van der Waals surface area contributed by atoms with Gasteiger partial charge >= 0.3 is 0 Å². The standard InChI is InChI=1S/C42H25B2N/c1-3-11-26(12-4-1)28-21-22-30-31-16-9-20-37-40(31)44(36(30)25-28)35-19-10-18-34-42(35)45(37)38-24-23-29(27-13-5-2-6-14-27)39-32-15-7-8-17-33(32)43(34)41(38)39/h1-25H. The molecule has 0 spiro atoms. The highest BCUT2D eigenvalue weighted by molar-refractivity contribution is 7.05. The Morgan fingerprint density at radius 1 is 0.356 bits per heavy atom. The first-order chi connectivity index (χ1) is 22.4. The third-order valence-electron chi connectivity index (χ3n) is 10.7. The van der Waals surface area contributed by atoms with E-state index in [9.17, 15) is 0 Å². The van der Waals surface area contributed by atoms with Crippen molar-refractivity contribution in [3.63, 3.8) is 0 Å². The van der Waals surface area contributed by atoms with Gasteiger partial charge in [0.05, 0.1) is 0 Å². The Kier molecular flexibility index (Phi) is 4.54. The number of nitrogens with zero attached hydrogens (tertiary/aromatic N) is 1. The normalized spacial score (nSPS) is 13.6. The average Bonchev–Trinajstić information content (AvgIpc) is 3.64. The summed E-state index contributed by atoms with van der Waals surface area (Å²) >= 11 is 0. The molecule has 4 heterocycles. The topological polar surface area (TPSA) is 3.24 Å². The summed E-state index contributed by atoms with van der Waals surface area (Å²) in [5.41, 5.74) is 23.2. The van der Waals surface area contributed by atoms with Crippen molar-refractivity contribution >= 4 is 63.3 Å². The van der Waals surface area contributed by atoms with E-state index in [1.54, 1.807) is 0 Å². The molecule has 0 amide bonds. The van der Waals surface area contributed by atoms with Crippen LogP contribution in [0.4, 0.5) is 17.1 Å². The van der Waals surface area contributed by atoms with Crippen LogP contribution in [0.2, 0.25) is 0 Å². The summed E-state index contributed by atoms with van der Waals surface area (Å²) < 4.78 is 0. The van der Waals surface area contributed by atoms with Gasteiger partial charge in [0.1, 0.15) is 0 Å². The van der Waals surface area contributed by atoms with Gasteiger partial charge in [0.25, 0.3) is 0 Å². The summed E-state index contributed by atoms with van der Waals surface area (Å²) in [6, 6.07) is 56.8. The van der Waals surface area contributed by atoms with Crippen LogP contribution in [0.1, 0.15) is 0 Å². The fourth-order valence-electron chi connectivity index (χ4n) is 9.00. The van der Waals surface area contributed by atoms with Gasteiger partial charge in [0.15, 0.2) is 0 Å². The minimum atomic E-state index is 0.210. The second-order valence-electron chi connectivity index (χ2n) is 12.8. The van der Waals surface area contributed by atoms with Gasteiger partial charge in [-0.2, -0.15) is 0 Å². The van der Waals surface area contributed by atoms with E-state index in [2.05, 4.69) is 157 Å². The Bertz CT molecular complexity index is 2380. The zero-order valence-electron chi connectivity index (χ0n) is 24.5. The van der Waals surface area contributed by atoms with E-state index in [-0.39, 0.29) is 13.4 Å². The second-order valence-corrected chi connectivity index (χ2v) is 12.8. The van der Waals surface area contributed by atoms with Crippen LogP contribution in [0.25, 0.3) is 44.5 Å². The van der Waals surface area contributed by atoms with Gasteiger partial charge in [-0.15, -0.1) is 0 Å². The van der Waals surface area contributed by atoms with Crippen LogP contribution in [-0.4, -0.2) is 13.4 Å². The molecule has 3 heteroatoms. The molecule has 45 heavy (non-hydrogen) atoms. The maximum absolute atomic E-state index is 2.61. The van der Waals surface area contributed by atoms with Crippen molar-refractivity contribution in [2.24, 2.45) is 0 Å². The third kappa shape index (κ3) is 2.96. The molecular weight excluding hydrogens is 540 g/mol. The Hall–Kier alpha value is -5.53. The van der Waals surface area contributed by atoms with E-state index >= 15 is 0 Å². The van der Waals surface area contributed by atoms with Gasteiger partial charge < -0.3 is 4.90 Å². The summed E-state index contributed by atoms with van der Waals surface area (Å²) in [5, 5.41) is 0. The predicted octanol–water partition coefficient (Wildman–Crippen LogP) is 6.11. The van der Waals surface area contributed by atoms with Crippen molar-refractivity contribution in [1.82, 2.24) is 0 Å². The van der Waals surface area contributed by atoms with Gasteiger partial charge in [0.2, 0.25) is 13.4 Å². The number of rotatable bonds is 2. The Balaban J connectivity index is 1.22. The lowest BCUT2D eigenvalue weighted by molar-refractivity contribution is 1.31. The van der Waals surface area contributed by atoms with Crippen molar-refractivity contribution < 1.29 is 0 Å². The fraction of sp³-hybridized carbons (Fsp3) is 0. The van der Waals surface area contributed by atoms with Gasteiger partial charge in [-0.25, -0.2) is 0 Å². The Morgan fingerprint density at radius 3 is 1.80 bits per heavy atom. The number of anilines is 3. The summed E-state index contributed by atoms with van der Waals surface area (Å²) in [7, 11) is 0. The van der Waals surface area contributed by atoms with Gasteiger partial charge in [0, 0.05) is 17.1 Å². The van der Waals surface area contributed by atoms with Crippen LogP contribution in [0.15, 0.2) is 152 Å². The van der Waals surface area contributed by atoms with E-state index in [0.29, 0.717) is 0 Å². The lowest BCUT2D eigenvalue weighted by Gasteiger charge is -2.42. The molecule has 0 atom stereocenters. The monoisotopic (exact) mass is 565 g/mol. The first kappa shape index (κ1) is 23.9. The molecule has 0 saturated carbocycles. The van der Waals surface area contributed by atoms with Crippen LogP contribution in [0, 0.1) is 0 Å². The molecule has 0 N–H and O–H groups in total. The van der Waals surface area contributed by atoms with Crippen LogP contribution in [0.3, 0.4) is 0 Å². The number of fused-ring (bicyclic) bond motifs is 10. The molecule has 7 aromatic rings. The molecule has 4 aliphatic rings. The smallest absolute Gasteiger partial charge is 0.248 e. The minimum Gasteiger partial charge on any atom is -0.312 e. The molecule has 0 fully saturated rings. The van der Waals surface area contributed by atoms with Crippen molar-refractivity contribution in [1.29, 1.82) is 0 Å². The molecular formula is C42H25B2N. The number of hydrogen-bond donors (Lipinski definition) is 0. The maximum Gasteiger partial charge on any atom is 0.248 e. The first-order valence-corrected chi connectivity index (χ1v) is 15.9. The molecule has 11 rings (SSSR count). The predicted molar refractivity (Wildman–Crippen MR) is 192 cm³/mol. The lowest BCUT2D eigenvalue weighted by atomic mass is 9.32. The molecule has 0 aromatic heterocycles. The minimum absolute atomic E-state index is 0.210. The van der Waals surface area contributed by atoms with Gasteiger partial charge in [-0.05, 0) is 78.5 Å². The summed E-state index contributed by atoms with van der Waals surface area (Å²) in [6.45, 7) is 0.421. The quantitative estimate of drug-likeness (QED) is 0.229. The van der Waals surface area contributed by atoms with E-state index < -0.39 is 0 Å². The van der Waals surface area contributed by atoms with Crippen LogP contribution in [-0.2, 0) is 0 Å². The molecule has 4 aliphatic heterocycles. The van der Waals surface area contributed by atoms with Crippen molar-refractivity contribution in [2.45, 2.75) is 0 Å². The molecule has 7 aromatic carbocycles. The summed E-state index contributed by atoms with van der Waals surface area (Å²) in [6.07, 6.45) is 0. The maximum atomic E-state index is 2.61. The van der Waals surface area contributed by atoms with E-state index in [4.69, 9.17) is 0 Å². The highest BCUT2D eigenvalue weighted by atomic mass is 15.2. The Labute approximate surface area is 263 Å². The van der Waals surface area contributed by atoms with Gasteiger partial charge in [-0.1, -0.05) is 150 Å². The highest BCUT2D eigenvalue weighted by Crippen LogP contribution is 2.46. The van der Waals surface area contributed by atoms with Crippen molar-refractivity contribution in [2.75, 3.05) is 4.90 Å². The van der Waals surface area contributed by atoms with E-state index in [1.165, 1.54) is 94.3 Å². The van der Waals surface area contributed by atoms with Crippen LogP contribution < -0.4 is 37.7 Å². The van der Waals surface area contributed by atoms with Crippen molar-refractivity contribution in [3.05, 3.63) is 152 Å². The highest BCUT2D eigenvalue weighted by Gasteiger charge is 2.49. The summed E-state index contributed by atoms with van der Waals surface area (Å²) in [5.74, 6) is 0. The molecule has 0 bridgehead atoms. The van der Waals surface area contributed by atoms with Crippen LogP contribution >= 0.6 is 0 Å². The molecule has 0 radical (unpaired) electrons. The average molecular weight is 565 g/mol. The SMILES string of the molecule is c1ccc(-c2ccc3c(c2)B2c4cccc5c4N(c4cccc-3c42)c2ccc(-c3ccccc3)c3c2B5c2ccccc2-3)cc1. The third-order valence-corrected chi connectivity index (χ3v) is 10.7. The Morgan fingerprint density at radius 2 is 0.978 bits per heavy atom. The molecule has 204 valence electrons. The summed E-state index contributed by atoms with van der Waals surface area (Å²) in [4.78, 5) is 2.61. The molecule has 0 aliphatic carbocycles. The zero-order chi connectivity index (χ0) is 29.2. The lowest BCUT2D eigenvalue weighted by Crippen LogP contribution is -2.62. The zero-order valence-corrected chi connectivity index (χ0v) is 24.5. The first-order valence-electron chi connectivity index (χ1n) is 15.9. The van der Waals surface area contributed by atoms with Crippen LogP contribution in [0.5, 0.6) is 0 Å². The van der Waals surface area contributed by atoms with Gasteiger partial charge in [-0.3, -0.25) is 0 Å². The van der Waals surface area contributed by atoms with E-state index in [1.807, 2.05) is 0 Å². The fourth-order valence-corrected chi connectivity index (χ4v) is 9.00. The number of benzene rings is 7. The molecule has 0 saturated heterocycles. The largest absolute Gasteiger partial charge is 0.312 e. The second kappa shape index (κ2) is 8.55. The van der Waals surface area contributed by atoms with E-state index in [0.717, 1.165) is 0 Å². The molecule has 0 unspecified atom stereocenters. The number of para-hydroxylation sites is 1. The number of hydrogen-bond acceptors (Lipinski definition) is 1.